The van der Waals surface area contributed by atoms with E-state index in [0.29, 0.717) is 19.4 Å². The Morgan fingerprint density at radius 3 is 3.00 bits per heavy atom. The lowest BCUT2D eigenvalue weighted by molar-refractivity contribution is -0.131. The van der Waals surface area contributed by atoms with Gasteiger partial charge in [0.2, 0.25) is 11.8 Å². The summed E-state index contributed by atoms with van der Waals surface area (Å²) in [6.45, 7) is 0.334. The van der Waals surface area contributed by atoms with E-state index in [0.717, 1.165) is 28.8 Å². The smallest absolute Gasteiger partial charge is 0.242 e. The second-order valence-electron chi connectivity index (χ2n) is 6.32. The first-order valence-corrected chi connectivity index (χ1v) is 8.66. The summed E-state index contributed by atoms with van der Waals surface area (Å²) in [7, 11) is 0. The van der Waals surface area contributed by atoms with Crippen LogP contribution in [0.2, 0.25) is 0 Å². The van der Waals surface area contributed by atoms with Gasteiger partial charge in [0.05, 0.1) is 11.0 Å². The van der Waals surface area contributed by atoms with E-state index >= 15 is 0 Å². The summed E-state index contributed by atoms with van der Waals surface area (Å²) in [4.78, 5) is 32.7. The average molecular weight is 349 g/mol. The molecule has 2 aromatic heterocycles. The molecule has 3 heterocycles. The number of nitrogens with zero attached hydrogens (tertiary/aromatic N) is 3. The van der Waals surface area contributed by atoms with Crippen LogP contribution in [-0.4, -0.2) is 32.4 Å². The number of piperidine rings is 1. The van der Waals surface area contributed by atoms with Gasteiger partial charge in [0.15, 0.2) is 0 Å². The zero-order valence-corrected chi connectivity index (χ0v) is 14.2. The van der Waals surface area contributed by atoms with E-state index in [1.807, 2.05) is 41.0 Å². The predicted octanol–water partition coefficient (Wildman–Crippen LogP) is 1.71. The monoisotopic (exact) mass is 349 g/mol. The number of amides is 2. The van der Waals surface area contributed by atoms with Crippen LogP contribution in [0.4, 0.5) is 0 Å². The molecule has 1 aromatic carbocycles. The summed E-state index contributed by atoms with van der Waals surface area (Å²) in [6, 6.07) is 11.1. The van der Waals surface area contributed by atoms with Crippen LogP contribution in [0.1, 0.15) is 24.8 Å². The van der Waals surface area contributed by atoms with Crippen LogP contribution in [0, 0.1) is 0 Å². The maximum absolute atomic E-state index is 12.4. The Morgan fingerprint density at radius 1 is 1.23 bits per heavy atom. The number of imidazole rings is 1. The second-order valence-corrected chi connectivity index (χ2v) is 6.32. The van der Waals surface area contributed by atoms with Crippen LogP contribution < -0.4 is 10.6 Å². The third-order valence-corrected chi connectivity index (χ3v) is 4.55. The first-order chi connectivity index (χ1) is 12.7. The van der Waals surface area contributed by atoms with Crippen molar-refractivity contribution in [2.45, 2.75) is 31.8 Å². The van der Waals surface area contributed by atoms with Crippen molar-refractivity contribution in [3.8, 4) is 5.82 Å². The first kappa shape index (κ1) is 16.3. The number of hydrogen-bond donors (Lipinski definition) is 2. The van der Waals surface area contributed by atoms with Crippen LogP contribution in [0.3, 0.4) is 0 Å². The van der Waals surface area contributed by atoms with Gasteiger partial charge in [-0.1, -0.05) is 18.2 Å². The Bertz CT molecular complexity index is 965. The summed E-state index contributed by atoms with van der Waals surface area (Å²) in [6.07, 6.45) is 5.35. The molecule has 0 bridgehead atoms. The van der Waals surface area contributed by atoms with Gasteiger partial charge in [0, 0.05) is 24.7 Å². The van der Waals surface area contributed by atoms with Crippen LogP contribution in [-0.2, 0) is 16.1 Å². The number of fused-ring (bicyclic) bond motifs is 1. The number of carbonyl (C=O) groups excluding carboxylic acids is 2. The Balaban J connectivity index is 1.55. The molecule has 0 spiro atoms. The summed E-state index contributed by atoms with van der Waals surface area (Å²) < 4.78 is 1.92. The largest absolute Gasteiger partial charge is 0.350 e. The van der Waals surface area contributed by atoms with E-state index in [1.165, 1.54) is 0 Å². The van der Waals surface area contributed by atoms with Crippen molar-refractivity contribution in [3.05, 3.63) is 54.5 Å². The molecule has 1 fully saturated rings. The molecule has 4 rings (SSSR count). The van der Waals surface area contributed by atoms with Crippen LogP contribution in [0.15, 0.2) is 48.9 Å². The Labute approximate surface area is 150 Å². The van der Waals surface area contributed by atoms with Gasteiger partial charge in [-0.3, -0.25) is 14.2 Å². The van der Waals surface area contributed by atoms with Crippen molar-refractivity contribution in [2.24, 2.45) is 0 Å². The molecule has 2 amide bonds. The summed E-state index contributed by atoms with van der Waals surface area (Å²) in [5.74, 6) is 0.501. The number of carbonyl (C=O) groups is 2. The lowest BCUT2D eigenvalue weighted by atomic mass is 10.0. The molecule has 1 atom stereocenters. The van der Waals surface area contributed by atoms with Crippen LogP contribution in [0.5, 0.6) is 0 Å². The van der Waals surface area contributed by atoms with Crippen molar-refractivity contribution >= 4 is 22.8 Å². The molecular weight excluding hydrogens is 330 g/mol. The van der Waals surface area contributed by atoms with E-state index in [9.17, 15) is 9.59 Å². The summed E-state index contributed by atoms with van der Waals surface area (Å²) >= 11 is 0. The Kier molecular flexibility index (Phi) is 4.35. The fraction of sp³-hybridized carbons (Fsp3) is 0.263. The lowest BCUT2D eigenvalue weighted by Gasteiger charge is -2.22. The van der Waals surface area contributed by atoms with Crippen LogP contribution >= 0.6 is 0 Å². The molecule has 0 aliphatic carbocycles. The summed E-state index contributed by atoms with van der Waals surface area (Å²) in [5, 5.41) is 5.65. The standard InChI is InChI=1S/C19H19N5O2/c25-17-9-3-7-15(23-17)19(26)21-11-13-5-4-10-20-18(13)24-12-22-14-6-1-2-8-16(14)24/h1-2,4-6,8,10,12,15H,3,7,9,11H2,(H,21,26)(H,23,25). The highest BCUT2D eigenvalue weighted by Gasteiger charge is 2.24. The number of aromatic nitrogens is 3. The predicted molar refractivity (Wildman–Crippen MR) is 96.5 cm³/mol. The van der Waals surface area contributed by atoms with Crippen molar-refractivity contribution in [1.29, 1.82) is 0 Å². The summed E-state index contributed by atoms with van der Waals surface area (Å²) in [5.41, 5.74) is 2.72. The van der Waals surface area contributed by atoms with E-state index in [1.54, 1.807) is 12.5 Å². The minimum atomic E-state index is -0.453. The van der Waals surface area contributed by atoms with E-state index in [2.05, 4.69) is 20.6 Å². The van der Waals surface area contributed by atoms with Gasteiger partial charge < -0.3 is 10.6 Å². The average Bonchev–Trinajstić information content (AvgIpc) is 3.10. The number of nitrogens with one attached hydrogen (secondary N) is 2. The molecule has 0 saturated carbocycles. The van der Waals surface area contributed by atoms with Gasteiger partial charge in [0.1, 0.15) is 18.2 Å². The van der Waals surface area contributed by atoms with Gasteiger partial charge >= 0.3 is 0 Å². The maximum atomic E-state index is 12.4. The normalized spacial score (nSPS) is 17.1. The second kappa shape index (κ2) is 6.95. The van der Waals surface area contributed by atoms with Crippen molar-refractivity contribution in [2.75, 3.05) is 0 Å². The van der Waals surface area contributed by atoms with E-state index in [4.69, 9.17) is 0 Å². The van der Waals surface area contributed by atoms with Gasteiger partial charge in [-0.2, -0.15) is 0 Å². The number of hydrogen-bond acceptors (Lipinski definition) is 4. The number of rotatable bonds is 4. The fourth-order valence-electron chi connectivity index (χ4n) is 3.22. The molecule has 3 aromatic rings. The molecule has 1 aliphatic heterocycles. The van der Waals surface area contributed by atoms with Crippen molar-refractivity contribution in [3.63, 3.8) is 0 Å². The molecular formula is C19H19N5O2. The van der Waals surface area contributed by atoms with Gasteiger partial charge in [-0.25, -0.2) is 9.97 Å². The molecule has 7 heteroatoms. The highest BCUT2D eigenvalue weighted by Crippen LogP contribution is 2.19. The third kappa shape index (κ3) is 3.15. The maximum Gasteiger partial charge on any atom is 0.242 e. The molecule has 132 valence electrons. The molecule has 26 heavy (non-hydrogen) atoms. The first-order valence-electron chi connectivity index (χ1n) is 8.66. The lowest BCUT2D eigenvalue weighted by Crippen LogP contribution is -2.48. The number of benzene rings is 1. The molecule has 7 nitrogen and oxygen atoms in total. The van der Waals surface area contributed by atoms with E-state index in [-0.39, 0.29) is 11.8 Å². The third-order valence-electron chi connectivity index (χ3n) is 4.55. The van der Waals surface area contributed by atoms with Gasteiger partial charge in [0.25, 0.3) is 0 Å². The Morgan fingerprint density at radius 2 is 2.12 bits per heavy atom. The van der Waals surface area contributed by atoms with Gasteiger partial charge in [-0.15, -0.1) is 0 Å². The molecule has 0 radical (unpaired) electrons. The Hall–Kier alpha value is -3.22. The molecule has 1 aliphatic rings. The van der Waals surface area contributed by atoms with Crippen molar-refractivity contribution in [1.82, 2.24) is 25.2 Å². The molecule has 2 N–H and O–H groups in total. The minimum absolute atomic E-state index is 0.0663. The number of pyridine rings is 1. The molecule has 1 saturated heterocycles. The quantitative estimate of drug-likeness (QED) is 0.750. The highest BCUT2D eigenvalue weighted by molar-refractivity contribution is 5.88. The SMILES string of the molecule is O=C1CCCC(C(=O)NCc2cccnc2-n2cnc3ccccc32)N1. The zero-order valence-electron chi connectivity index (χ0n) is 14.2. The minimum Gasteiger partial charge on any atom is -0.350 e. The van der Waals surface area contributed by atoms with Crippen molar-refractivity contribution < 1.29 is 9.59 Å². The van der Waals surface area contributed by atoms with E-state index < -0.39 is 6.04 Å². The van der Waals surface area contributed by atoms with Gasteiger partial charge in [-0.05, 0) is 31.0 Å². The highest BCUT2D eigenvalue weighted by atomic mass is 16.2. The zero-order chi connectivity index (χ0) is 17.9. The number of para-hydroxylation sites is 2. The fourth-order valence-corrected chi connectivity index (χ4v) is 3.22. The molecule has 1 unspecified atom stereocenters. The topological polar surface area (TPSA) is 88.9 Å². The van der Waals surface area contributed by atoms with Crippen LogP contribution in [0.25, 0.3) is 16.9 Å².